The molecule has 2 heterocycles. The zero-order valence-corrected chi connectivity index (χ0v) is 12.8. The van der Waals surface area contributed by atoms with Crippen LogP contribution in [0, 0.1) is 0 Å². The van der Waals surface area contributed by atoms with Crippen molar-refractivity contribution in [3.63, 3.8) is 0 Å². The van der Waals surface area contributed by atoms with E-state index in [0.29, 0.717) is 17.3 Å². The van der Waals surface area contributed by atoms with Gasteiger partial charge < -0.3 is 5.32 Å². The summed E-state index contributed by atoms with van der Waals surface area (Å²) in [7, 11) is 0. The van der Waals surface area contributed by atoms with Crippen LogP contribution in [0.4, 0.5) is 5.13 Å². The smallest absolute Gasteiger partial charge is 0.226 e. The number of carbonyl (C=O) groups excluding carboxylic acids is 1. The van der Waals surface area contributed by atoms with Crippen LogP contribution in [0.5, 0.6) is 0 Å². The summed E-state index contributed by atoms with van der Waals surface area (Å²) in [6.45, 7) is 0. The number of benzene rings is 1. The molecule has 0 bridgehead atoms. The van der Waals surface area contributed by atoms with Crippen molar-refractivity contribution in [3.05, 3.63) is 48.7 Å². The molecule has 6 heteroatoms. The van der Waals surface area contributed by atoms with E-state index in [1.807, 2.05) is 42.5 Å². The monoisotopic (exact) mass is 315 g/mol. The van der Waals surface area contributed by atoms with E-state index >= 15 is 0 Å². The Hall–Kier alpha value is -1.92. The van der Waals surface area contributed by atoms with Gasteiger partial charge in [-0.15, -0.1) is 11.8 Å². The average molecular weight is 315 g/mol. The molecule has 4 nitrogen and oxygen atoms in total. The largest absolute Gasteiger partial charge is 0.302 e. The number of aromatic nitrogens is 2. The highest BCUT2D eigenvalue weighted by Crippen LogP contribution is 2.25. The van der Waals surface area contributed by atoms with Gasteiger partial charge in [0.05, 0.1) is 15.2 Å². The summed E-state index contributed by atoms with van der Waals surface area (Å²) < 4.78 is 1.08. The number of anilines is 1. The molecular formula is C15H13N3OS2. The van der Waals surface area contributed by atoms with Crippen LogP contribution < -0.4 is 5.32 Å². The number of amides is 1. The summed E-state index contributed by atoms with van der Waals surface area (Å²) in [5.74, 6) is 0.686. The van der Waals surface area contributed by atoms with Gasteiger partial charge >= 0.3 is 0 Å². The second-order valence-electron chi connectivity index (χ2n) is 4.30. The number of thioether (sulfide) groups is 1. The number of fused-ring (bicyclic) bond motifs is 1. The Morgan fingerprint density at radius 1 is 1.19 bits per heavy atom. The SMILES string of the molecule is O=C(CCSc1ccccn1)Nc1nc2ccccc2s1. The maximum Gasteiger partial charge on any atom is 0.226 e. The molecule has 3 aromatic rings. The first-order valence-corrected chi connectivity index (χ1v) is 8.31. The molecule has 1 N–H and O–H groups in total. The molecule has 0 aliphatic rings. The second kappa shape index (κ2) is 6.69. The lowest BCUT2D eigenvalue weighted by molar-refractivity contribution is -0.115. The van der Waals surface area contributed by atoms with Gasteiger partial charge in [-0.25, -0.2) is 9.97 Å². The van der Waals surface area contributed by atoms with Gasteiger partial charge in [-0.2, -0.15) is 0 Å². The van der Waals surface area contributed by atoms with E-state index in [0.717, 1.165) is 15.2 Å². The zero-order valence-electron chi connectivity index (χ0n) is 11.2. The van der Waals surface area contributed by atoms with Gasteiger partial charge in [0.15, 0.2) is 5.13 Å². The topological polar surface area (TPSA) is 54.9 Å². The van der Waals surface area contributed by atoms with Crippen LogP contribution in [0.2, 0.25) is 0 Å². The average Bonchev–Trinajstić information content (AvgIpc) is 2.90. The normalized spacial score (nSPS) is 10.7. The molecule has 0 saturated heterocycles. The minimum absolute atomic E-state index is 0.0162. The van der Waals surface area contributed by atoms with E-state index in [4.69, 9.17) is 0 Å². The van der Waals surface area contributed by atoms with Gasteiger partial charge in [0.2, 0.25) is 5.91 Å². The van der Waals surface area contributed by atoms with Crippen molar-refractivity contribution >= 4 is 44.4 Å². The summed E-state index contributed by atoms with van der Waals surface area (Å²) in [6, 6.07) is 13.6. The number of nitrogens with zero attached hydrogens (tertiary/aromatic N) is 2. The van der Waals surface area contributed by atoms with E-state index in [1.54, 1.807) is 18.0 Å². The molecule has 0 saturated carbocycles. The molecular weight excluding hydrogens is 302 g/mol. The highest BCUT2D eigenvalue weighted by Gasteiger charge is 2.07. The molecule has 1 aromatic carbocycles. The molecule has 0 fully saturated rings. The predicted octanol–water partition coefficient (Wildman–Crippen LogP) is 3.81. The number of nitrogens with one attached hydrogen (secondary N) is 1. The third kappa shape index (κ3) is 3.80. The fourth-order valence-electron chi connectivity index (χ4n) is 1.79. The Kier molecular flexibility index (Phi) is 4.47. The lowest BCUT2D eigenvalue weighted by Crippen LogP contribution is -2.11. The Morgan fingerprint density at radius 3 is 2.86 bits per heavy atom. The number of carbonyl (C=O) groups is 1. The van der Waals surface area contributed by atoms with Crippen molar-refractivity contribution in [2.75, 3.05) is 11.1 Å². The minimum Gasteiger partial charge on any atom is -0.302 e. The van der Waals surface area contributed by atoms with Gasteiger partial charge in [0.1, 0.15) is 0 Å². The van der Waals surface area contributed by atoms with Gasteiger partial charge in [0.25, 0.3) is 0 Å². The third-order valence-electron chi connectivity index (χ3n) is 2.76. The standard InChI is InChI=1S/C15H13N3OS2/c19-13(8-10-20-14-7-3-4-9-16-14)18-15-17-11-5-1-2-6-12(11)21-15/h1-7,9H,8,10H2,(H,17,18,19). The number of rotatable bonds is 5. The van der Waals surface area contributed by atoms with Crippen LogP contribution in [0.3, 0.4) is 0 Å². The first kappa shape index (κ1) is 14.0. The van der Waals surface area contributed by atoms with E-state index in [-0.39, 0.29) is 5.91 Å². The number of hydrogen-bond acceptors (Lipinski definition) is 5. The van der Waals surface area contributed by atoms with Crippen molar-refractivity contribution in [3.8, 4) is 0 Å². The van der Waals surface area contributed by atoms with E-state index in [9.17, 15) is 4.79 Å². The quantitative estimate of drug-likeness (QED) is 0.727. The van der Waals surface area contributed by atoms with Crippen LogP contribution in [0.25, 0.3) is 10.2 Å². The molecule has 0 aliphatic heterocycles. The Balaban J connectivity index is 1.52. The Labute approximate surface area is 130 Å². The predicted molar refractivity (Wildman–Crippen MR) is 87.8 cm³/mol. The highest BCUT2D eigenvalue weighted by atomic mass is 32.2. The molecule has 3 rings (SSSR count). The molecule has 0 atom stereocenters. The van der Waals surface area contributed by atoms with Crippen molar-refractivity contribution in [1.29, 1.82) is 0 Å². The second-order valence-corrected chi connectivity index (χ2v) is 6.45. The van der Waals surface area contributed by atoms with Crippen LogP contribution in [-0.4, -0.2) is 21.6 Å². The summed E-state index contributed by atoms with van der Waals surface area (Å²) in [6.07, 6.45) is 2.20. The molecule has 1 amide bonds. The van der Waals surface area contributed by atoms with Gasteiger partial charge in [0, 0.05) is 18.4 Å². The van der Waals surface area contributed by atoms with Crippen LogP contribution in [0.15, 0.2) is 53.7 Å². The maximum atomic E-state index is 11.9. The first-order valence-electron chi connectivity index (χ1n) is 6.50. The molecule has 21 heavy (non-hydrogen) atoms. The van der Waals surface area contributed by atoms with Crippen LogP contribution >= 0.6 is 23.1 Å². The number of hydrogen-bond donors (Lipinski definition) is 1. The molecule has 2 aromatic heterocycles. The number of thiazole rings is 1. The summed E-state index contributed by atoms with van der Waals surface area (Å²) >= 11 is 3.07. The first-order chi connectivity index (χ1) is 10.3. The minimum atomic E-state index is -0.0162. The van der Waals surface area contributed by atoms with Gasteiger partial charge in [-0.1, -0.05) is 29.5 Å². The van der Waals surface area contributed by atoms with E-state index in [1.165, 1.54) is 11.3 Å². The van der Waals surface area contributed by atoms with Gasteiger partial charge in [-0.05, 0) is 24.3 Å². The number of pyridine rings is 1. The Morgan fingerprint density at radius 2 is 2.05 bits per heavy atom. The number of para-hydroxylation sites is 1. The molecule has 0 spiro atoms. The highest BCUT2D eigenvalue weighted by molar-refractivity contribution is 7.99. The van der Waals surface area contributed by atoms with Crippen LogP contribution in [-0.2, 0) is 4.79 Å². The molecule has 0 radical (unpaired) electrons. The maximum absolute atomic E-state index is 11.9. The lowest BCUT2D eigenvalue weighted by Gasteiger charge is -2.01. The van der Waals surface area contributed by atoms with E-state index < -0.39 is 0 Å². The molecule has 0 aliphatic carbocycles. The fourth-order valence-corrected chi connectivity index (χ4v) is 3.48. The lowest BCUT2D eigenvalue weighted by atomic mass is 10.3. The molecule has 106 valence electrons. The van der Waals surface area contributed by atoms with E-state index in [2.05, 4.69) is 15.3 Å². The van der Waals surface area contributed by atoms with Crippen LogP contribution in [0.1, 0.15) is 6.42 Å². The Bertz CT molecular complexity index is 710. The van der Waals surface area contributed by atoms with Crippen molar-refractivity contribution < 1.29 is 4.79 Å². The van der Waals surface area contributed by atoms with Crippen molar-refractivity contribution in [2.24, 2.45) is 0 Å². The van der Waals surface area contributed by atoms with Crippen molar-refractivity contribution in [1.82, 2.24) is 9.97 Å². The third-order valence-corrected chi connectivity index (χ3v) is 4.65. The fraction of sp³-hybridized carbons (Fsp3) is 0.133. The summed E-state index contributed by atoms with van der Waals surface area (Å²) in [5, 5.41) is 4.44. The summed E-state index contributed by atoms with van der Waals surface area (Å²) in [5.41, 5.74) is 0.917. The molecule has 0 unspecified atom stereocenters. The van der Waals surface area contributed by atoms with Gasteiger partial charge in [-0.3, -0.25) is 4.79 Å². The zero-order chi connectivity index (χ0) is 14.5. The summed E-state index contributed by atoms with van der Waals surface area (Å²) in [4.78, 5) is 20.5. The van der Waals surface area contributed by atoms with Crippen molar-refractivity contribution in [2.45, 2.75) is 11.4 Å².